The smallest absolute Gasteiger partial charge is 0.256 e. The van der Waals surface area contributed by atoms with Gasteiger partial charge in [-0.1, -0.05) is 12.1 Å². The zero-order chi connectivity index (χ0) is 16.3. The lowest BCUT2D eigenvalue weighted by Crippen LogP contribution is -2.41. The maximum Gasteiger partial charge on any atom is 0.256 e. The number of Topliss-reactive ketones (excluding diaryl/α,β-unsaturated/α-hetero) is 1. The van der Waals surface area contributed by atoms with Crippen molar-refractivity contribution in [2.45, 2.75) is 12.8 Å². The summed E-state index contributed by atoms with van der Waals surface area (Å²) in [7, 11) is -3.33. The zero-order valence-electron chi connectivity index (χ0n) is 12.3. The van der Waals surface area contributed by atoms with E-state index in [1.54, 1.807) is 6.07 Å². The summed E-state index contributed by atoms with van der Waals surface area (Å²) in [5.74, 6) is -2.08. The number of sulfone groups is 1. The summed E-state index contributed by atoms with van der Waals surface area (Å²) in [6.07, 6.45) is 1.85. The first-order valence-electron chi connectivity index (χ1n) is 7.02. The highest BCUT2D eigenvalue weighted by atomic mass is 32.2. The van der Waals surface area contributed by atoms with Crippen LogP contribution in [0.1, 0.15) is 23.2 Å². The van der Waals surface area contributed by atoms with Crippen molar-refractivity contribution in [3.05, 3.63) is 35.6 Å². The second kappa shape index (κ2) is 6.56. The molecular weight excluding hydrogens is 309 g/mol. The van der Waals surface area contributed by atoms with Crippen LogP contribution < -0.4 is 0 Å². The van der Waals surface area contributed by atoms with Gasteiger partial charge in [0.25, 0.3) is 5.91 Å². The summed E-state index contributed by atoms with van der Waals surface area (Å²) in [5, 5.41) is 0. The number of benzene rings is 1. The molecule has 1 aromatic carbocycles. The van der Waals surface area contributed by atoms with Crippen LogP contribution in [0.25, 0.3) is 0 Å². The molecule has 0 aliphatic carbocycles. The Kier molecular flexibility index (Phi) is 4.95. The van der Waals surface area contributed by atoms with Gasteiger partial charge in [-0.2, -0.15) is 0 Å². The van der Waals surface area contributed by atoms with Crippen LogP contribution in [0.2, 0.25) is 0 Å². The van der Waals surface area contributed by atoms with Gasteiger partial charge in [0.1, 0.15) is 11.6 Å². The normalized spacial score (nSPS) is 16.5. The lowest BCUT2D eigenvalue weighted by atomic mass is 9.93. The highest BCUT2D eigenvalue weighted by Gasteiger charge is 2.29. The van der Waals surface area contributed by atoms with Crippen molar-refractivity contribution < 1.29 is 22.4 Å². The van der Waals surface area contributed by atoms with Gasteiger partial charge in [-0.3, -0.25) is 9.59 Å². The van der Waals surface area contributed by atoms with Gasteiger partial charge >= 0.3 is 0 Å². The molecule has 5 nitrogen and oxygen atoms in total. The molecule has 1 heterocycles. The third-order valence-corrected chi connectivity index (χ3v) is 4.56. The Labute approximate surface area is 129 Å². The fraction of sp³-hybridized carbons (Fsp3) is 0.467. The first-order valence-corrected chi connectivity index (χ1v) is 9.08. The van der Waals surface area contributed by atoms with Crippen LogP contribution in [-0.4, -0.2) is 50.1 Å². The number of amides is 1. The van der Waals surface area contributed by atoms with Crippen LogP contribution in [0, 0.1) is 11.7 Å². The Morgan fingerprint density at radius 3 is 2.36 bits per heavy atom. The van der Waals surface area contributed by atoms with E-state index in [-0.39, 0.29) is 17.3 Å². The highest BCUT2D eigenvalue weighted by Crippen LogP contribution is 2.21. The minimum absolute atomic E-state index is 0.0170. The molecule has 1 aromatic rings. The second-order valence-corrected chi connectivity index (χ2v) is 7.72. The lowest BCUT2D eigenvalue weighted by Gasteiger charge is -2.31. The molecular formula is C15H18FNO4S. The minimum Gasteiger partial charge on any atom is -0.339 e. The molecule has 0 bridgehead atoms. The third kappa shape index (κ3) is 4.13. The largest absolute Gasteiger partial charge is 0.339 e. The Morgan fingerprint density at radius 1 is 1.23 bits per heavy atom. The standard InChI is InChI=1S/C15H18FNO4S/c1-22(20,21)10-14(18)11-6-8-17(9-7-11)15(19)12-4-2-3-5-13(12)16/h2-5,11H,6-10H2,1H3. The summed E-state index contributed by atoms with van der Waals surface area (Å²) in [5.41, 5.74) is 0.0170. The Hall–Kier alpha value is -1.76. The Balaban J connectivity index is 1.96. The van der Waals surface area contributed by atoms with Crippen molar-refractivity contribution in [3.63, 3.8) is 0 Å². The van der Waals surface area contributed by atoms with E-state index in [0.29, 0.717) is 25.9 Å². The first kappa shape index (κ1) is 16.6. The second-order valence-electron chi connectivity index (χ2n) is 5.58. The summed E-state index contributed by atoms with van der Waals surface area (Å²) in [6, 6.07) is 5.77. The van der Waals surface area contributed by atoms with Crippen LogP contribution >= 0.6 is 0 Å². The molecule has 1 aliphatic heterocycles. The summed E-state index contributed by atoms with van der Waals surface area (Å²) in [6.45, 7) is 0.653. The average Bonchev–Trinajstić information content (AvgIpc) is 2.45. The molecule has 120 valence electrons. The molecule has 22 heavy (non-hydrogen) atoms. The zero-order valence-corrected chi connectivity index (χ0v) is 13.1. The summed E-state index contributed by atoms with van der Waals surface area (Å²) < 4.78 is 35.9. The van der Waals surface area contributed by atoms with E-state index in [0.717, 1.165) is 6.26 Å². The monoisotopic (exact) mass is 327 g/mol. The van der Waals surface area contributed by atoms with E-state index in [2.05, 4.69) is 0 Å². The molecule has 7 heteroatoms. The first-order chi connectivity index (χ1) is 10.3. The number of nitrogens with zero attached hydrogens (tertiary/aromatic N) is 1. The van der Waals surface area contributed by atoms with Gasteiger partial charge in [-0.05, 0) is 25.0 Å². The molecule has 0 atom stereocenters. The molecule has 1 amide bonds. The number of hydrogen-bond donors (Lipinski definition) is 0. The summed E-state index contributed by atoms with van der Waals surface area (Å²) >= 11 is 0. The molecule has 0 spiro atoms. The van der Waals surface area contributed by atoms with Crippen molar-refractivity contribution in [3.8, 4) is 0 Å². The fourth-order valence-electron chi connectivity index (χ4n) is 2.59. The van der Waals surface area contributed by atoms with Crippen LogP contribution in [0.4, 0.5) is 4.39 Å². The van der Waals surface area contributed by atoms with Gasteiger partial charge in [0, 0.05) is 25.3 Å². The van der Waals surface area contributed by atoms with Crippen molar-refractivity contribution in [1.29, 1.82) is 0 Å². The van der Waals surface area contributed by atoms with Crippen molar-refractivity contribution in [2.24, 2.45) is 5.92 Å². The molecule has 1 saturated heterocycles. The minimum atomic E-state index is -3.33. The fourth-order valence-corrected chi connectivity index (χ4v) is 3.34. The van der Waals surface area contributed by atoms with Crippen LogP contribution in [-0.2, 0) is 14.6 Å². The van der Waals surface area contributed by atoms with Crippen LogP contribution in [0.3, 0.4) is 0 Å². The van der Waals surface area contributed by atoms with Gasteiger partial charge < -0.3 is 4.90 Å². The predicted molar refractivity (Wildman–Crippen MR) is 79.7 cm³/mol. The molecule has 0 unspecified atom stereocenters. The van der Waals surface area contributed by atoms with Crippen molar-refractivity contribution in [2.75, 3.05) is 25.1 Å². The maximum atomic E-state index is 13.6. The molecule has 2 rings (SSSR count). The molecule has 1 fully saturated rings. The van der Waals surface area contributed by atoms with E-state index in [9.17, 15) is 22.4 Å². The third-order valence-electron chi connectivity index (χ3n) is 3.75. The maximum absolute atomic E-state index is 13.6. The quantitative estimate of drug-likeness (QED) is 0.835. The lowest BCUT2D eigenvalue weighted by molar-refractivity contribution is -0.121. The molecule has 0 aromatic heterocycles. The number of ketones is 1. The molecule has 1 aliphatic rings. The average molecular weight is 327 g/mol. The number of hydrogen-bond acceptors (Lipinski definition) is 4. The Bertz CT molecular complexity index is 679. The van der Waals surface area contributed by atoms with Gasteiger partial charge in [0.2, 0.25) is 0 Å². The molecule has 0 radical (unpaired) electrons. The SMILES string of the molecule is CS(=O)(=O)CC(=O)C1CCN(C(=O)c2ccccc2F)CC1. The topological polar surface area (TPSA) is 71.5 Å². The molecule has 0 N–H and O–H groups in total. The predicted octanol–water partition coefficient (Wildman–Crippen LogP) is 1.29. The van der Waals surface area contributed by atoms with Gasteiger partial charge in [0.05, 0.1) is 5.56 Å². The summed E-state index contributed by atoms with van der Waals surface area (Å²) in [4.78, 5) is 25.6. The van der Waals surface area contributed by atoms with Crippen molar-refractivity contribution >= 4 is 21.5 Å². The Morgan fingerprint density at radius 2 is 1.82 bits per heavy atom. The van der Waals surface area contributed by atoms with E-state index >= 15 is 0 Å². The number of carbonyl (C=O) groups is 2. The number of halogens is 1. The highest BCUT2D eigenvalue weighted by molar-refractivity contribution is 7.91. The van der Waals surface area contributed by atoms with E-state index in [1.165, 1.54) is 23.1 Å². The van der Waals surface area contributed by atoms with E-state index < -0.39 is 27.3 Å². The van der Waals surface area contributed by atoms with Crippen LogP contribution in [0.5, 0.6) is 0 Å². The number of likely N-dealkylation sites (tertiary alicyclic amines) is 1. The molecule has 0 saturated carbocycles. The van der Waals surface area contributed by atoms with Crippen LogP contribution in [0.15, 0.2) is 24.3 Å². The van der Waals surface area contributed by atoms with Crippen molar-refractivity contribution in [1.82, 2.24) is 4.90 Å². The van der Waals surface area contributed by atoms with E-state index in [1.807, 2.05) is 0 Å². The number of carbonyl (C=O) groups excluding carboxylic acids is 2. The number of piperidine rings is 1. The van der Waals surface area contributed by atoms with Gasteiger partial charge in [-0.15, -0.1) is 0 Å². The number of rotatable bonds is 4. The van der Waals surface area contributed by atoms with Gasteiger partial charge in [-0.25, -0.2) is 12.8 Å². The van der Waals surface area contributed by atoms with Gasteiger partial charge in [0.15, 0.2) is 15.6 Å². The van der Waals surface area contributed by atoms with E-state index in [4.69, 9.17) is 0 Å².